The maximum atomic E-state index is 12.2. The average molecular weight is 272 g/mol. The molecule has 1 aliphatic heterocycles. The molecule has 7 heteroatoms. The molecule has 0 N–H and O–H groups in total. The number of aryl methyl sites for hydroxylation is 1. The number of aromatic nitrogens is 2. The van der Waals surface area contributed by atoms with E-state index >= 15 is 0 Å². The van der Waals surface area contributed by atoms with Crippen molar-refractivity contribution in [2.24, 2.45) is 7.05 Å². The summed E-state index contributed by atoms with van der Waals surface area (Å²) in [7, 11) is 1.77. The molecule has 1 atom stereocenters. The van der Waals surface area contributed by atoms with Crippen LogP contribution in [0.1, 0.15) is 18.7 Å². The molecular weight excluding hydrogens is 252 g/mol. The van der Waals surface area contributed by atoms with E-state index in [1.165, 1.54) is 4.31 Å². The molecule has 1 aromatic heterocycles. The van der Waals surface area contributed by atoms with Gasteiger partial charge in [-0.15, -0.1) is 0 Å². The number of hydrogen-bond acceptors (Lipinski definition) is 3. The maximum absolute atomic E-state index is 12.2. The van der Waals surface area contributed by atoms with E-state index in [-0.39, 0.29) is 6.04 Å². The van der Waals surface area contributed by atoms with Gasteiger partial charge in [0.15, 0.2) is 0 Å². The summed E-state index contributed by atoms with van der Waals surface area (Å²) in [5, 5.41) is 0. The van der Waals surface area contributed by atoms with Crippen LogP contribution in [0.4, 0.5) is 0 Å². The van der Waals surface area contributed by atoms with Crippen LogP contribution in [0.15, 0.2) is 12.4 Å². The maximum Gasteiger partial charge on any atom is 0.281 e. The van der Waals surface area contributed by atoms with Crippen LogP contribution in [0.5, 0.6) is 0 Å². The summed E-state index contributed by atoms with van der Waals surface area (Å²) < 4.78 is 29.2. The summed E-state index contributed by atoms with van der Waals surface area (Å²) in [5.41, 5.74) is 0. The molecule has 0 bridgehead atoms. The molecule has 0 spiro atoms. The van der Waals surface area contributed by atoms with Crippen LogP contribution in [0, 0.1) is 0 Å². The Bertz CT molecular complexity index is 509. The van der Waals surface area contributed by atoms with Gasteiger partial charge in [-0.2, -0.15) is 17.0 Å². The summed E-state index contributed by atoms with van der Waals surface area (Å²) in [6.45, 7) is 0.607. The van der Waals surface area contributed by atoms with Gasteiger partial charge in [0.05, 0.1) is 0 Å². The second-order valence-corrected chi connectivity index (χ2v) is 6.95. The Kier molecular flexibility index (Phi) is 3.74. The normalized spacial score (nSPS) is 21.9. The first-order valence-corrected chi connectivity index (χ1v) is 7.48. The van der Waals surface area contributed by atoms with Crippen molar-refractivity contribution >= 4 is 10.2 Å². The van der Waals surface area contributed by atoms with Crippen LogP contribution in [-0.2, 0) is 23.7 Å². The summed E-state index contributed by atoms with van der Waals surface area (Å²) in [6.07, 6.45) is 6.13. The first kappa shape index (κ1) is 13.5. The summed E-state index contributed by atoms with van der Waals surface area (Å²) >= 11 is 0. The standard InChI is InChI=1S/C11H20N4O2S/c1-13(2)18(16,17)15-7-4-5-10(15)9-11-12-6-8-14(11)3/h6,8,10H,4-5,7,9H2,1-3H3. The third kappa shape index (κ3) is 2.43. The van der Waals surface area contributed by atoms with Crippen LogP contribution in [0.2, 0.25) is 0 Å². The van der Waals surface area contributed by atoms with E-state index in [9.17, 15) is 8.42 Å². The SMILES string of the molecule is CN(C)S(=O)(=O)N1CCCC1Cc1nccn1C. The molecule has 2 heterocycles. The molecule has 0 aromatic carbocycles. The fourth-order valence-corrected chi connectivity index (χ4v) is 3.67. The monoisotopic (exact) mass is 272 g/mol. The Hall–Kier alpha value is -0.920. The molecule has 18 heavy (non-hydrogen) atoms. The smallest absolute Gasteiger partial charge is 0.281 e. The Morgan fingerprint density at radius 2 is 2.22 bits per heavy atom. The molecule has 0 amide bonds. The molecule has 0 radical (unpaired) electrons. The summed E-state index contributed by atoms with van der Waals surface area (Å²) in [4.78, 5) is 4.27. The van der Waals surface area contributed by atoms with Gasteiger partial charge in [-0.05, 0) is 12.8 Å². The third-order valence-corrected chi connectivity index (χ3v) is 5.42. The largest absolute Gasteiger partial charge is 0.338 e. The van der Waals surface area contributed by atoms with Gasteiger partial charge in [0.1, 0.15) is 5.82 Å². The fraction of sp³-hybridized carbons (Fsp3) is 0.727. The molecular formula is C11H20N4O2S. The van der Waals surface area contributed by atoms with E-state index in [0.717, 1.165) is 18.7 Å². The Morgan fingerprint density at radius 3 is 2.78 bits per heavy atom. The van der Waals surface area contributed by atoms with Crippen molar-refractivity contribution in [1.29, 1.82) is 0 Å². The Morgan fingerprint density at radius 1 is 1.50 bits per heavy atom. The quantitative estimate of drug-likeness (QED) is 0.788. The number of rotatable bonds is 4. The van der Waals surface area contributed by atoms with E-state index in [2.05, 4.69) is 4.98 Å². The van der Waals surface area contributed by atoms with Gasteiger partial charge in [-0.1, -0.05) is 0 Å². The van der Waals surface area contributed by atoms with E-state index in [1.54, 1.807) is 24.6 Å². The molecule has 1 aromatic rings. The molecule has 1 saturated heterocycles. The van der Waals surface area contributed by atoms with Gasteiger partial charge in [0.25, 0.3) is 10.2 Å². The molecule has 1 fully saturated rings. The van der Waals surface area contributed by atoms with Crippen molar-refractivity contribution in [2.45, 2.75) is 25.3 Å². The zero-order valence-electron chi connectivity index (χ0n) is 11.1. The van der Waals surface area contributed by atoms with Crippen molar-refractivity contribution in [3.05, 3.63) is 18.2 Å². The minimum Gasteiger partial charge on any atom is -0.338 e. The lowest BCUT2D eigenvalue weighted by molar-refractivity contribution is 0.350. The molecule has 2 rings (SSSR count). The lowest BCUT2D eigenvalue weighted by Crippen LogP contribution is -2.43. The number of imidazole rings is 1. The third-order valence-electron chi connectivity index (χ3n) is 3.42. The highest BCUT2D eigenvalue weighted by molar-refractivity contribution is 7.86. The number of hydrogen-bond donors (Lipinski definition) is 0. The highest BCUT2D eigenvalue weighted by Gasteiger charge is 2.35. The van der Waals surface area contributed by atoms with Gasteiger partial charge in [-0.3, -0.25) is 0 Å². The van der Waals surface area contributed by atoms with E-state index in [0.29, 0.717) is 13.0 Å². The van der Waals surface area contributed by atoms with Crippen molar-refractivity contribution in [1.82, 2.24) is 18.2 Å². The van der Waals surface area contributed by atoms with Crippen LogP contribution >= 0.6 is 0 Å². The second kappa shape index (κ2) is 4.99. The van der Waals surface area contributed by atoms with Gasteiger partial charge in [0, 0.05) is 52.5 Å². The highest BCUT2D eigenvalue weighted by Crippen LogP contribution is 2.24. The molecule has 102 valence electrons. The first-order valence-electron chi connectivity index (χ1n) is 6.08. The Labute approximate surface area is 108 Å². The van der Waals surface area contributed by atoms with Gasteiger partial charge < -0.3 is 4.57 Å². The second-order valence-electron chi connectivity index (χ2n) is 4.86. The molecule has 1 unspecified atom stereocenters. The van der Waals surface area contributed by atoms with Gasteiger partial charge in [-0.25, -0.2) is 4.98 Å². The van der Waals surface area contributed by atoms with Crippen molar-refractivity contribution < 1.29 is 8.42 Å². The predicted octanol–water partition coefficient (Wildman–Crippen LogP) is 0.233. The van der Waals surface area contributed by atoms with Crippen molar-refractivity contribution in [2.75, 3.05) is 20.6 Å². The van der Waals surface area contributed by atoms with E-state index in [1.807, 2.05) is 17.8 Å². The highest BCUT2D eigenvalue weighted by atomic mass is 32.2. The summed E-state index contributed by atoms with van der Waals surface area (Å²) in [5.74, 6) is 0.931. The summed E-state index contributed by atoms with van der Waals surface area (Å²) in [6, 6.07) is 0.0264. The fourth-order valence-electron chi connectivity index (χ4n) is 2.33. The van der Waals surface area contributed by atoms with Crippen molar-refractivity contribution in [3.63, 3.8) is 0 Å². The van der Waals surface area contributed by atoms with Crippen LogP contribution < -0.4 is 0 Å². The minimum atomic E-state index is -3.31. The molecule has 1 aliphatic rings. The van der Waals surface area contributed by atoms with Crippen LogP contribution in [0.25, 0.3) is 0 Å². The lowest BCUT2D eigenvalue weighted by atomic mass is 10.1. The average Bonchev–Trinajstić information content (AvgIpc) is 2.89. The van der Waals surface area contributed by atoms with Gasteiger partial charge >= 0.3 is 0 Å². The number of nitrogens with zero attached hydrogens (tertiary/aromatic N) is 4. The zero-order valence-corrected chi connectivity index (χ0v) is 11.9. The van der Waals surface area contributed by atoms with Crippen LogP contribution in [0.3, 0.4) is 0 Å². The van der Waals surface area contributed by atoms with E-state index in [4.69, 9.17) is 0 Å². The van der Waals surface area contributed by atoms with Gasteiger partial charge in [0.2, 0.25) is 0 Å². The topological polar surface area (TPSA) is 58.4 Å². The van der Waals surface area contributed by atoms with Crippen LogP contribution in [-0.4, -0.2) is 53.3 Å². The zero-order chi connectivity index (χ0) is 13.3. The lowest BCUT2D eigenvalue weighted by Gasteiger charge is -2.26. The van der Waals surface area contributed by atoms with E-state index < -0.39 is 10.2 Å². The minimum absolute atomic E-state index is 0.0264. The van der Waals surface area contributed by atoms with Crippen molar-refractivity contribution in [3.8, 4) is 0 Å². The first-order chi connectivity index (χ1) is 8.43. The molecule has 0 aliphatic carbocycles. The predicted molar refractivity (Wildman–Crippen MR) is 69.2 cm³/mol. The molecule has 0 saturated carbocycles. The Balaban J connectivity index is 2.16. The molecule has 6 nitrogen and oxygen atoms in total.